The number of ether oxygens (including phenoxy) is 2. The van der Waals surface area contributed by atoms with Crippen LogP contribution in [0.1, 0.15) is 54.5 Å². The maximum absolute atomic E-state index is 13.0. The number of hydrogen-bond donors (Lipinski definition) is 0. The Labute approximate surface area is 178 Å². The van der Waals surface area contributed by atoms with E-state index in [1.165, 1.54) is 0 Å². The van der Waals surface area contributed by atoms with E-state index in [-0.39, 0.29) is 30.1 Å². The van der Waals surface area contributed by atoms with Gasteiger partial charge in [-0.1, -0.05) is 0 Å². The predicted octanol–water partition coefficient (Wildman–Crippen LogP) is 2.57. The van der Waals surface area contributed by atoms with Gasteiger partial charge in [0.25, 0.3) is 5.91 Å². The van der Waals surface area contributed by atoms with E-state index in [4.69, 9.17) is 13.9 Å². The third-order valence-corrected chi connectivity index (χ3v) is 5.40. The van der Waals surface area contributed by atoms with E-state index >= 15 is 0 Å². The third kappa shape index (κ3) is 6.58. The highest BCUT2D eigenvalue weighted by Gasteiger charge is 2.29. The van der Waals surface area contributed by atoms with Gasteiger partial charge in [0.15, 0.2) is 0 Å². The molecule has 2 rings (SSSR count). The van der Waals surface area contributed by atoms with E-state index in [9.17, 15) is 14.4 Å². The standard InChI is InChI=1S/C22H34N2O6/c1-5-29-22(27)18-7-11-23(12-8-18)20(25)9-13-24(10-6-14-28-4)21(26)19-15-16(2)30-17(19)3/h15,18H,5-14H2,1-4H3. The third-order valence-electron chi connectivity index (χ3n) is 5.40. The van der Waals surface area contributed by atoms with Crippen LogP contribution >= 0.6 is 0 Å². The van der Waals surface area contributed by atoms with E-state index in [1.54, 1.807) is 36.8 Å². The lowest BCUT2D eigenvalue weighted by molar-refractivity contribution is -0.151. The summed E-state index contributed by atoms with van der Waals surface area (Å²) < 4.78 is 15.7. The average Bonchev–Trinajstić information content (AvgIpc) is 3.08. The van der Waals surface area contributed by atoms with Gasteiger partial charge >= 0.3 is 5.97 Å². The Morgan fingerprint density at radius 1 is 1.20 bits per heavy atom. The summed E-state index contributed by atoms with van der Waals surface area (Å²) in [5.41, 5.74) is 0.535. The fourth-order valence-corrected chi connectivity index (χ4v) is 3.74. The Morgan fingerprint density at radius 3 is 2.47 bits per heavy atom. The van der Waals surface area contributed by atoms with Crippen LogP contribution in [0.3, 0.4) is 0 Å². The molecule has 30 heavy (non-hydrogen) atoms. The zero-order valence-corrected chi connectivity index (χ0v) is 18.6. The van der Waals surface area contributed by atoms with Gasteiger partial charge in [-0.3, -0.25) is 14.4 Å². The van der Waals surface area contributed by atoms with Crippen LogP contribution in [0, 0.1) is 19.8 Å². The van der Waals surface area contributed by atoms with Crippen molar-refractivity contribution in [3.63, 3.8) is 0 Å². The molecule has 1 aromatic rings. The Balaban J connectivity index is 1.91. The zero-order valence-electron chi connectivity index (χ0n) is 18.6. The quantitative estimate of drug-likeness (QED) is 0.425. The van der Waals surface area contributed by atoms with Crippen molar-refractivity contribution in [2.75, 3.05) is 46.5 Å². The van der Waals surface area contributed by atoms with Gasteiger partial charge in [-0.15, -0.1) is 0 Å². The van der Waals surface area contributed by atoms with E-state index in [0.29, 0.717) is 75.7 Å². The predicted molar refractivity (Wildman–Crippen MR) is 111 cm³/mol. The van der Waals surface area contributed by atoms with Crippen LogP contribution in [0.2, 0.25) is 0 Å². The van der Waals surface area contributed by atoms with Gasteiger partial charge in [-0.05, 0) is 46.1 Å². The number of hydrogen-bond acceptors (Lipinski definition) is 6. The van der Waals surface area contributed by atoms with Crippen LogP contribution in [0.25, 0.3) is 0 Å². The number of carbonyl (C=O) groups is 3. The van der Waals surface area contributed by atoms with Gasteiger partial charge in [-0.2, -0.15) is 0 Å². The van der Waals surface area contributed by atoms with Crippen molar-refractivity contribution < 1.29 is 28.3 Å². The summed E-state index contributed by atoms with van der Waals surface area (Å²) in [7, 11) is 1.62. The Morgan fingerprint density at radius 2 is 1.90 bits per heavy atom. The summed E-state index contributed by atoms with van der Waals surface area (Å²) in [5, 5.41) is 0. The number of carbonyl (C=O) groups excluding carboxylic acids is 3. The number of piperidine rings is 1. The molecule has 1 aliphatic rings. The second-order valence-electron chi connectivity index (χ2n) is 7.62. The molecule has 0 atom stereocenters. The molecule has 0 N–H and O–H groups in total. The number of aryl methyl sites for hydroxylation is 2. The van der Waals surface area contributed by atoms with Crippen LogP contribution in [0.15, 0.2) is 10.5 Å². The van der Waals surface area contributed by atoms with Gasteiger partial charge in [0, 0.05) is 46.3 Å². The SMILES string of the molecule is CCOC(=O)C1CCN(C(=O)CCN(CCCOC)C(=O)c2cc(C)oc2C)CC1. The molecule has 1 aliphatic heterocycles. The van der Waals surface area contributed by atoms with Crippen molar-refractivity contribution in [1.29, 1.82) is 0 Å². The molecule has 0 spiro atoms. The van der Waals surface area contributed by atoms with Gasteiger partial charge < -0.3 is 23.7 Å². The van der Waals surface area contributed by atoms with E-state index in [2.05, 4.69) is 0 Å². The van der Waals surface area contributed by atoms with E-state index in [0.717, 1.165) is 0 Å². The van der Waals surface area contributed by atoms with Crippen LogP contribution in [-0.2, 0) is 19.1 Å². The minimum Gasteiger partial charge on any atom is -0.466 e. The molecular weight excluding hydrogens is 388 g/mol. The number of furan rings is 1. The summed E-state index contributed by atoms with van der Waals surface area (Å²) in [6.07, 6.45) is 2.18. The molecule has 0 radical (unpaired) electrons. The monoisotopic (exact) mass is 422 g/mol. The highest BCUT2D eigenvalue weighted by atomic mass is 16.5. The molecule has 0 unspecified atom stereocenters. The first-order chi connectivity index (χ1) is 14.4. The van der Waals surface area contributed by atoms with Crippen LogP contribution < -0.4 is 0 Å². The molecule has 8 nitrogen and oxygen atoms in total. The molecule has 1 saturated heterocycles. The normalized spacial score (nSPS) is 14.6. The molecule has 8 heteroatoms. The van der Waals surface area contributed by atoms with Gasteiger partial charge in [0.05, 0.1) is 18.1 Å². The first-order valence-corrected chi connectivity index (χ1v) is 10.7. The number of esters is 1. The van der Waals surface area contributed by atoms with Crippen molar-refractivity contribution in [3.8, 4) is 0 Å². The lowest BCUT2D eigenvalue weighted by atomic mass is 9.97. The number of nitrogens with zero attached hydrogens (tertiary/aromatic N) is 2. The number of amides is 2. The molecule has 168 valence electrons. The zero-order chi connectivity index (χ0) is 22.1. The lowest BCUT2D eigenvalue weighted by Gasteiger charge is -2.31. The fourth-order valence-electron chi connectivity index (χ4n) is 3.74. The van der Waals surface area contributed by atoms with Crippen molar-refractivity contribution in [2.45, 2.75) is 46.5 Å². The molecule has 0 aromatic carbocycles. The second kappa shape index (κ2) is 11.7. The largest absolute Gasteiger partial charge is 0.466 e. The summed E-state index contributed by atoms with van der Waals surface area (Å²) in [6.45, 7) is 8.22. The molecule has 0 aliphatic carbocycles. The van der Waals surface area contributed by atoms with Crippen molar-refractivity contribution in [1.82, 2.24) is 9.80 Å². The molecular formula is C22H34N2O6. The first kappa shape index (κ1) is 23.9. The second-order valence-corrected chi connectivity index (χ2v) is 7.62. The number of rotatable bonds is 10. The van der Waals surface area contributed by atoms with Gasteiger partial charge in [-0.25, -0.2) is 0 Å². The highest BCUT2D eigenvalue weighted by Crippen LogP contribution is 2.20. The van der Waals surface area contributed by atoms with Crippen LogP contribution in [0.5, 0.6) is 0 Å². The maximum Gasteiger partial charge on any atom is 0.309 e. The summed E-state index contributed by atoms with van der Waals surface area (Å²) in [6, 6.07) is 1.74. The lowest BCUT2D eigenvalue weighted by Crippen LogP contribution is -2.42. The fraction of sp³-hybridized carbons (Fsp3) is 0.682. The topological polar surface area (TPSA) is 89.3 Å². The Kier molecular flexibility index (Phi) is 9.36. The molecule has 1 fully saturated rings. The first-order valence-electron chi connectivity index (χ1n) is 10.7. The molecule has 0 saturated carbocycles. The Hall–Kier alpha value is -2.35. The number of methoxy groups -OCH3 is 1. The minimum atomic E-state index is -0.176. The molecule has 1 aromatic heterocycles. The van der Waals surface area contributed by atoms with Crippen molar-refractivity contribution >= 4 is 17.8 Å². The van der Waals surface area contributed by atoms with Gasteiger partial charge in [0.2, 0.25) is 5.91 Å². The van der Waals surface area contributed by atoms with Crippen LogP contribution in [-0.4, -0.2) is 74.1 Å². The average molecular weight is 423 g/mol. The highest BCUT2D eigenvalue weighted by molar-refractivity contribution is 5.95. The smallest absolute Gasteiger partial charge is 0.309 e. The summed E-state index contributed by atoms with van der Waals surface area (Å²) >= 11 is 0. The molecule has 0 bridgehead atoms. The van der Waals surface area contributed by atoms with Crippen LogP contribution in [0.4, 0.5) is 0 Å². The maximum atomic E-state index is 13.0. The minimum absolute atomic E-state index is 0.00180. The Bertz CT molecular complexity index is 721. The summed E-state index contributed by atoms with van der Waals surface area (Å²) in [5.74, 6) is 0.838. The van der Waals surface area contributed by atoms with Gasteiger partial charge in [0.1, 0.15) is 11.5 Å². The van der Waals surface area contributed by atoms with E-state index < -0.39 is 0 Å². The van der Waals surface area contributed by atoms with Crippen molar-refractivity contribution in [2.24, 2.45) is 5.92 Å². The molecule has 2 amide bonds. The van der Waals surface area contributed by atoms with E-state index in [1.807, 2.05) is 6.92 Å². The molecule has 2 heterocycles. The number of likely N-dealkylation sites (tertiary alicyclic amines) is 1. The summed E-state index contributed by atoms with van der Waals surface area (Å²) in [4.78, 5) is 41.0. The van der Waals surface area contributed by atoms with Crippen molar-refractivity contribution in [3.05, 3.63) is 23.2 Å².